The summed E-state index contributed by atoms with van der Waals surface area (Å²) >= 11 is 3.35. The highest BCUT2D eigenvalue weighted by Crippen LogP contribution is 2.37. The summed E-state index contributed by atoms with van der Waals surface area (Å²) in [6, 6.07) is 4.75. The number of aliphatic hydroxyl groups excluding tert-OH is 1. The van der Waals surface area contributed by atoms with E-state index in [2.05, 4.69) is 22.9 Å². The molecule has 0 bridgehead atoms. The molecule has 3 heteroatoms. The van der Waals surface area contributed by atoms with Crippen LogP contribution < -0.4 is 0 Å². The number of rotatable bonds is 2. The van der Waals surface area contributed by atoms with Gasteiger partial charge in [-0.3, -0.25) is 0 Å². The van der Waals surface area contributed by atoms with E-state index in [1.54, 1.807) is 12.1 Å². The maximum absolute atomic E-state index is 14.1. The summed E-state index contributed by atoms with van der Waals surface area (Å²) in [5, 5.41) is 10.8. The molecule has 0 aliphatic carbocycles. The Morgan fingerprint density at radius 2 is 1.33 bits per heavy atom. The Bertz CT molecular complexity index is 658. The van der Waals surface area contributed by atoms with Gasteiger partial charge >= 0.3 is 0 Å². The Kier molecular flexibility index (Phi) is 4.54. The van der Waals surface area contributed by atoms with E-state index in [9.17, 15) is 9.50 Å². The van der Waals surface area contributed by atoms with Gasteiger partial charge in [-0.1, -0.05) is 22.0 Å². The molecule has 1 unspecified atom stereocenters. The molecule has 2 aromatic rings. The lowest BCUT2D eigenvalue weighted by atomic mass is 9.85. The molecule has 0 heterocycles. The van der Waals surface area contributed by atoms with E-state index in [0.717, 1.165) is 27.8 Å². The van der Waals surface area contributed by atoms with Crippen LogP contribution in [0.5, 0.6) is 0 Å². The van der Waals surface area contributed by atoms with Crippen LogP contribution in [0.3, 0.4) is 0 Å². The van der Waals surface area contributed by atoms with Crippen LogP contribution in [-0.2, 0) is 0 Å². The number of aliphatic hydroxyl groups is 1. The molecule has 21 heavy (non-hydrogen) atoms. The van der Waals surface area contributed by atoms with Crippen LogP contribution in [0, 0.1) is 40.4 Å². The third-order valence-corrected chi connectivity index (χ3v) is 5.30. The second-order valence-electron chi connectivity index (χ2n) is 5.58. The van der Waals surface area contributed by atoms with E-state index >= 15 is 0 Å². The third kappa shape index (κ3) is 2.65. The predicted molar refractivity (Wildman–Crippen MR) is 88.3 cm³/mol. The van der Waals surface area contributed by atoms with Gasteiger partial charge in [0.25, 0.3) is 0 Å². The van der Waals surface area contributed by atoms with Crippen LogP contribution in [0.15, 0.2) is 22.7 Å². The smallest absolute Gasteiger partial charge is 0.130 e. The average molecular weight is 351 g/mol. The van der Waals surface area contributed by atoms with Gasteiger partial charge in [0.1, 0.15) is 11.9 Å². The van der Waals surface area contributed by atoms with Crippen LogP contribution in [0.4, 0.5) is 4.39 Å². The molecule has 0 spiro atoms. The van der Waals surface area contributed by atoms with Crippen molar-refractivity contribution in [3.63, 3.8) is 0 Å². The highest BCUT2D eigenvalue weighted by molar-refractivity contribution is 9.10. The monoisotopic (exact) mass is 350 g/mol. The van der Waals surface area contributed by atoms with E-state index in [1.165, 1.54) is 11.6 Å². The van der Waals surface area contributed by atoms with E-state index in [0.29, 0.717) is 10.0 Å². The molecule has 112 valence electrons. The maximum atomic E-state index is 14.1. The van der Waals surface area contributed by atoms with Crippen molar-refractivity contribution >= 4 is 15.9 Å². The van der Waals surface area contributed by atoms with E-state index in [4.69, 9.17) is 0 Å². The molecule has 0 fully saturated rings. The van der Waals surface area contributed by atoms with Gasteiger partial charge in [0.2, 0.25) is 0 Å². The summed E-state index contributed by atoms with van der Waals surface area (Å²) in [6.07, 6.45) is -0.974. The average Bonchev–Trinajstić information content (AvgIpc) is 2.43. The molecular weight excluding hydrogens is 331 g/mol. The predicted octanol–water partition coefficient (Wildman–Crippen LogP) is 5.21. The third-order valence-electron chi connectivity index (χ3n) is 4.60. The summed E-state index contributed by atoms with van der Waals surface area (Å²) < 4.78 is 14.7. The van der Waals surface area contributed by atoms with Crippen molar-refractivity contribution in [1.29, 1.82) is 0 Å². The molecule has 0 amide bonds. The molecule has 0 radical (unpaired) electrons. The molecular formula is C18H20BrFO. The first-order valence-electron chi connectivity index (χ1n) is 6.96. The van der Waals surface area contributed by atoms with Gasteiger partial charge in [-0.15, -0.1) is 0 Å². The van der Waals surface area contributed by atoms with E-state index in [-0.39, 0.29) is 0 Å². The summed E-state index contributed by atoms with van der Waals surface area (Å²) in [5.41, 5.74) is 6.69. The lowest BCUT2D eigenvalue weighted by Crippen LogP contribution is -2.11. The van der Waals surface area contributed by atoms with Crippen molar-refractivity contribution < 1.29 is 9.50 Å². The van der Waals surface area contributed by atoms with E-state index < -0.39 is 11.9 Å². The summed E-state index contributed by atoms with van der Waals surface area (Å²) in [6.45, 7) is 10.2. The number of benzene rings is 2. The Hall–Kier alpha value is -1.19. The van der Waals surface area contributed by atoms with Gasteiger partial charge in [0.05, 0.1) is 0 Å². The molecule has 0 saturated heterocycles. The zero-order chi connectivity index (χ0) is 15.9. The number of halogens is 2. The first-order chi connectivity index (χ1) is 9.77. The Morgan fingerprint density at radius 1 is 0.857 bits per heavy atom. The highest BCUT2D eigenvalue weighted by Gasteiger charge is 2.24. The minimum atomic E-state index is -0.974. The van der Waals surface area contributed by atoms with Gasteiger partial charge in [-0.25, -0.2) is 4.39 Å². The molecule has 0 aliphatic heterocycles. The van der Waals surface area contributed by atoms with E-state index in [1.807, 2.05) is 27.7 Å². The van der Waals surface area contributed by atoms with Gasteiger partial charge in [-0.05, 0) is 80.1 Å². The van der Waals surface area contributed by atoms with Crippen molar-refractivity contribution in [2.75, 3.05) is 0 Å². The normalized spacial score (nSPS) is 12.6. The van der Waals surface area contributed by atoms with Crippen molar-refractivity contribution in [3.05, 3.63) is 67.4 Å². The fraction of sp³-hybridized carbons (Fsp3) is 0.333. The number of hydrogen-bond donors (Lipinski definition) is 1. The van der Waals surface area contributed by atoms with Gasteiger partial charge in [0.15, 0.2) is 0 Å². The van der Waals surface area contributed by atoms with Gasteiger partial charge in [0, 0.05) is 10.0 Å². The minimum absolute atomic E-state index is 0.298. The fourth-order valence-electron chi connectivity index (χ4n) is 2.86. The van der Waals surface area contributed by atoms with Gasteiger partial charge < -0.3 is 5.11 Å². The zero-order valence-corrected chi connectivity index (χ0v) is 14.6. The van der Waals surface area contributed by atoms with Crippen molar-refractivity contribution in [2.24, 2.45) is 0 Å². The summed E-state index contributed by atoms with van der Waals surface area (Å²) in [5.74, 6) is -0.397. The Morgan fingerprint density at radius 3 is 1.81 bits per heavy atom. The van der Waals surface area contributed by atoms with Crippen LogP contribution in [0.25, 0.3) is 0 Å². The summed E-state index contributed by atoms with van der Waals surface area (Å²) in [4.78, 5) is 0. The number of hydrogen-bond acceptors (Lipinski definition) is 1. The molecule has 2 rings (SSSR count). The molecule has 1 atom stereocenters. The Balaban J connectivity index is 2.73. The zero-order valence-electron chi connectivity index (χ0n) is 13.0. The second kappa shape index (κ2) is 5.90. The minimum Gasteiger partial charge on any atom is -0.383 e. The first-order valence-corrected chi connectivity index (χ1v) is 7.75. The molecule has 2 aromatic carbocycles. The highest BCUT2D eigenvalue weighted by atomic mass is 79.9. The van der Waals surface area contributed by atoms with Crippen molar-refractivity contribution in [1.82, 2.24) is 0 Å². The van der Waals surface area contributed by atoms with Crippen LogP contribution in [0.1, 0.15) is 45.0 Å². The molecule has 0 aromatic heterocycles. The quantitative estimate of drug-likeness (QED) is 0.787. The lowest BCUT2D eigenvalue weighted by molar-refractivity contribution is 0.212. The van der Waals surface area contributed by atoms with Crippen LogP contribution in [0.2, 0.25) is 0 Å². The SMILES string of the molecule is Cc1c(C)c(C)c(C(O)c2c(F)cccc2Br)c(C)c1C. The first kappa shape index (κ1) is 16.2. The van der Waals surface area contributed by atoms with Crippen LogP contribution in [-0.4, -0.2) is 5.11 Å². The molecule has 1 N–H and O–H groups in total. The molecule has 1 nitrogen and oxygen atoms in total. The molecule has 0 saturated carbocycles. The lowest BCUT2D eigenvalue weighted by Gasteiger charge is -2.23. The fourth-order valence-corrected chi connectivity index (χ4v) is 3.41. The molecule has 0 aliphatic rings. The van der Waals surface area contributed by atoms with Crippen LogP contribution >= 0.6 is 15.9 Å². The van der Waals surface area contributed by atoms with Crippen molar-refractivity contribution in [2.45, 2.75) is 40.7 Å². The maximum Gasteiger partial charge on any atom is 0.130 e. The topological polar surface area (TPSA) is 20.2 Å². The Labute approximate surface area is 134 Å². The summed E-state index contributed by atoms with van der Waals surface area (Å²) in [7, 11) is 0. The standard InChI is InChI=1S/C18H20BrFO/c1-9-10(2)12(4)16(13(5)11(9)3)18(21)17-14(19)7-6-8-15(17)20/h6-8,18,21H,1-5H3. The largest absolute Gasteiger partial charge is 0.383 e. The second-order valence-corrected chi connectivity index (χ2v) is 6.43. The van der Waals surface area contributed by atoms with Gasteiger partial charge in [-0.2, -0.15) is 0 Å². The van der Waals surface area contributed by atoms with Crippen molar-refractivity contribution in [3.8, 4) is 0 Å².